The maximum Gasteiger partial charge on any atom is 0.0209 e. The van der Waals surface area contributed by atoms with Crippen LogP contribution >= 0.6 is 0 Å². The topological polar surface area (TPSA) is 12.0 Å². The van der Waals surface area contributed by atoms with E-state index in [4.69, 9.17) is 0 Å². The van der Waals surface area contributed by atoms with Crippen LogP contribution in [0.3, 0.4) is 0 Å². The second kappa shape index (κ2) is 6.22. The molecular weight excluding hydrogens is 206 g/mol. The summed E-state index contributed by atoms with van der Waals surface area (Å²) in [5.41, 5.74) is 0.498. The fraction of sp³-hybridized carbons (Fsp3) is 1.00. The first-order chi connectivity index (χ1) is 8.32. The molecule has 1 nitrogen and oxygen atoms in total. The molecule has 1 heterocycles. The van der Waals surface area contributed by atoms with E-state index in [9.17, 15) is 0 Å². The Kier molecular flexibility index (Phi) is 4.90. The molecule has 100 valence electrons. The molecule has 0 aromatic heterocycles. The first kappa shape index (κ1) is 13.4. The highest BCUT2D eigenvalue weighted by Crippen LogP contribution is 2.43. The highest BCUT2D eigenvalue weighted by Gasteiger charge is 2.41. The molecule has 1 N–H and O–H groups in total. The fourth-order valence-electron chi connectivity index (χ4n) is 4.47. The van der Waals surface area contributed by atoms with Crippen LogP contribution in [0.1, 0.15) is 78.1 Å². The standard InChI is InChI=1S/C16H31N/c1-3-14-10-6-7-11-15(14)16(4-2)12-8-5-9-13-17-16/h14-15,17H,3-13H2,1-2H3. The smallest absolute Gasteiger partial charge is 0.0209 e. The molecule has 17 heavy (non-hydrogen) atoms. The zero-order chi connectivity index (χ0) is 12.1. The van der Waals surface area contributed by atoms with E-state index in [1.807, 2.05) is 0 Å². The maximum absolute atomic E-state index is 3.98. The Balaban J connectivity index is 2.12. The van der Waals surface area contributed by atoms with E-state index in [1.54, 1.807) is 0 Å². The zero-order valence-corrected chi connectivity index (χ0v) is 11.9. The highest BCUT2D eigenvalue weighted by molar-refractivity contribution is 4.98. The molecule has 2 aliphatic rings. The summed E-state index contributed by atoms with van der Waals surface area (Å²) in [4.78, 5) is 0. The van der Waals surface area contributed by atoms with E-state index in [0.29, 0.717) is 5.54 Å². The lowest BCUT2D eigenvalue weighted by atomic mass is 9.65. The first-order valence-corrected chi connectivity index (χ1v) is 8.07. The molecule has 2 fully saturated rings. The van der Waals surface area contributed by atoms with Crippen LogP contribution in [0.4, 0.5) is 0 Å². The molecule has 3 unspecified atom stereocenters. The molecule has 2 rings (SSSR count). The van der Waals surface area contributed by atoms with Crippen molar-refractivity contribution in [2.24, 2.45) is 11.8 Å². The van der Waals surface area contributed by atoms with Gasteiger partial charge in [0.05, 0.1) is 0 Å². The van der Waals surface area contributed by atoms with Crippen molar-refractivity contribution in [1.82, 2.24) is 5.32 Å². The minimum atomic E-state index is 0.498. The van der Waals surface area contributed by atoms with Gasteiger partial charge in [-0.25, -0.2) is 0 Å². The Morgan fingerprint density at radius 2 is 1.82 bits per heavy atom. The molecule has 0 spiro atoms. The Morgan fingerprint density at radius 3 is 2.59 bits per heavy atom. The predicted octanol–water partition coefficient (Wildman–Crippen LogP) is 4.52. The molecule has 0 amide bonds. The molecule has 1 saturated carbocycles. The summed E-state index contributed by atoms with van der Waals surface area (Å²) in [5.74, 6) is 1.96. The number of hydrogen-bond donors (Lipinski definition) is 1. The molecule has 1 aliphatic heterocycles. The Hall–Kier alpha value is -0.0400. The van der Waals surface area contributed by atoms with E-state index in [1.165, 1.54) is 70.8 Å². The van der Waals surface area contributed by atoms with Gasteiger partial charge in [0.1, 0.15) is 0 Å². The summed E-state index contributed by atoms with van der Waals surface area (Å²) < 4.78 is 0. The van der Waals surface area contributed by atoms with Gasteiger partial charge in [0.2, 0.25) is 0 Å². The van der Waals surface area contributed by atoms with E-state index in [0.717, 1.165) is 11.8 Å². The second-order valence-corrected chi connectivity index (χ2v) is 6.31. The van der Waals surface area contributed by atoms with Gasteiger partial charge in [0.25, 0.3) is 0 Å². The third-order valence-corrected chi connectivity index (χ3v) is 5.55. The van der Waals surface area contributed by atoms with Gasteiger partial charge < -0.3 is 5.32 Å². The van der Waals surface area contributed by atoms with E-state index in [-0.39, 0.29) is 0 Å². The van der Waals surface area contributed by atoms with Gasteiger partial charge in [-0.15, -0.1) is 0 Å². The Morgan fingerprint density at radius 1 is 1.00 bits per heavy atom. The van der Waals surface area contributed by atoms with Crippen molar-refractivity contribution in [3.63, 3.8) is 0 Å². The molecule has 0 aromatic rings. The third kappa shape index (κ3) is 2.86. The van der Waals surface area contributed by atoms with Crippen molar-refractivity contribution in [2.75, 3.05) is 6.54 Å². The van der Waals surface area contributed by atoms with Crippen molar-refractivity contribution in [2.45, 2.75) is 83.6 Å². The Bertz CT molecular complexity index is 216. The Labute approximate surface area is 108 Å². The molecule has 1 aliphatic carbocycles. The largest absolute Gasteiger partial charge is 0.311 e. The van der Waals surface area contributed by atoms with Crippen molar-refractivity contribution in [3.05, 3.63) is 0 Å². The minimum absolute atomic E-state index is 0.498. The van der Waals surface area contributed by atoms with Crippen LogP contribution in [0.15, 0.2) is 0 Å². The van der Waals surface area contributed by atoms with Crippen molar-refractivity contribution < 1.29 is 0 Å². The zero-order valence-electron chi connectivity index (χ0n) is 11.9. The van der Waals surface area contributed by atoms with E-state index in [2.05, 4.69) is 19.2 Å². The minimum Gasteiger partial charge on any atom is -0.311 e. The summed E-state index contributed by atoms with van der Waals surface area (Å²) in [6.07, 6.45) is 14.4. The SMILES string of the molecule is CCC1CCCCC1C1(CC)CCCCCN1. The van der Waals surface area contributed by atoms with Gasteiger partial charge in [-0.3, -0.25) is 0 Å². The van der Waals surface area contributed by atoms with Gasteiger partial charge in [0, 0.05) is 5.54 Å². The van der Waals surface area contributed by atoms with Gasteiger partial charge in [-0.05, 0) is 44.1 Å². The quantitative estimate of drug-likeness (QED) is 0.761. The van der Waals surface area contributed by atoms with Gasteiger partial charge in [-0.2, -0.15) is 0 Å². The average Bonchev–Trinajstić information content (AvgIpc) is 2.65. The lowest BCUT2D eigenvalue weighted by Gasteiger charge is -2.47. The fourth-order valence-corrected chi connectivity index (χ4v) is 4.47. The summed E-state index contributed by atoms with van der Waals surface area (Å²) in [6.45, 7) is 6.09. The van der Waals surface area contributed by atoms with E-state index < -0.39 is 0 Å². The predicted molar refractivity (Wildman–Crippen MR) is 75.2 cm³/mol. The molecule has 1 heteroatoms. The molecule has 1 saturated heterocycles. The maximum atomic E-state index is 3.98. The van der Waals surface area contributed by atoms with Crippen LogP contribution < -0.4 is 5.32 Å². The molecular formula is C16H31N. The van der Waals surface area contributed by atoms with Crippen LogP contribution in [-0.4, -0.2) is 12.1 Å². The lowest BCUT2D eigenvalue weighted by molar-refractivity contribution is 0.0884. The van der Waals surface area contributed by atoms with Crippen LogP contribution in [0.5, 0.6) is 0 Å². The normalized spacial score (nSPS) is 39.9. The van der Waals surface area contributed by atoms with Crippen LogP contribution in [0, 0.1) is 11.8 Å². The van der Waals surface area contributed by atoms with Crippen LogP contribution in [0.25, 0.3) is 0 Å². The highest BCUT2D eigenvalue weighted by atomic mass is 15.0. The summed E-state index contributed by atoms with van der Waals surface area (Å²) >= 11 is 0. The van der Waals surface area contributed by atoms with Gasteiger partial charge >= 0.3 is 0 Å². The van der Waals surface area contributed by atoms with Crippen molar-refractivity contribution in [3.8, 4) is 0 Å². The third-order valence-electron chi connectivity index (χ3n) is 5.55. The summed E-state index contributed by atoms with van der Waals surface area (Å²) in [6, 6.07) is 0. The molecule has 0 bridgehead atoms. The lowest BCUT2D eigenvalue weighted by Crippen LogP contribution is -2.53. The number of hydrogen-bond acceptors (Lipinski definition) is 1. The average molecular weight is 237 g/mol. The molecule has 0 aromatic carbocycles. The second-order valence-electron chi connectivity index (χ2n) is 6.31. The van der Waals surface area contributed by atoms with Crippen molar-refractivity contribution in [1.29, 1.82) is 0 Å². The van der Waals surface area contributed by atoms with Gasteiger partial charge in [0.15, 0.2) is 0 Å². The first-order valence-electron chi connectivity index (χ1n) is 8.07. The van der Waals surface area contributed by atoms with Gasteiger partial charge in [-0.1, -0.05) is 52.4 Å². The van der Waals surface area contributed by atoms with Crippen molar-refractivity contribution >= 4 is 0 Å². The number of nitrogens with one attached hydrogen (secondary N) is 1. The van der Waals surface area contributed by atoms with Crippen LogP contribution in [0.2, 0.25) is 0 Å². The number of rotatable bonds is 3. The summed E-state index contributed by atoms with van der Waals surface area (Å²) in [5, 5.41) is 3.98. The molecule has 0 radical (unpaired) electrons. The van der Waals surface area contributed by atoms with Crippen LogP contribution in [-0.2, 0) is 0 Å². The monoisotopic (exact) mass is 237 g/mol. The van der Waals surface area contributed by atoms with E-state index >= 15 is 0 Å². The summed E-state index contributed by atoms with van der Waals surface area (Å²) in [7, 11) is 0. The molecule has 3 atom stereocenters.